The van der Waals surface area contributed by atoms with Gasteiger partial charge in [0.2, 0.25) is 5.95 Å². The third kappa shape index (κ3) is 2.26. The Morgan fingerprint density at radius 1 is 1.10 bits per heavy atom. The van der Waals surface area contributed by atoms with E-state index in [1.807, 2.05) is 24.3 Å². The molecule has 98 valence electrons. The second-order valence-electron chi connectivity index (χ2n) is 4.14. The number of aromatic nitrogens is 3. The minimum Gasteiger partial charge on any atom is -0.384 e. The first-order chi connectivity index (χ1) is 9.74. The quantitative estimate of drug-likeness (QED) is 0.737. The molecule has 0 saturated heterocycles. The Kier molecular flexibility index (Phi) is 2.96. The van der Waals surface area contributed by atoms with Crippen molar-refractivity contribution in [3.05, 3.63) is 54.4 Å². The lowest BCUT2D eigenvalue weighted by Crippen LogP contribution is -2.15. The average Bonchev–Trinajstić information content (AvgIpc) is 2.47. The highest BCUT2D eigenvalue weighted by atomic mass is 16.1. The molecule has 3 aromatic rings. The SMILES string of the molecule is Nc1cc(C(=O)Nc2ncccn2)c2ccccc2n1. The van der Waals surface area contributed by atoms with Crippen molar-refractivity contribution in [2.75, 3.05) is 11.1 Å². The van der Waals surface area contributed by atoms with Gasteiger partial charge in [0, 0.05) is 17.8 Å². The Hall–Kier alpha value is -3.02. The number of carbonyl (C=O) groups is 1. The standard InChI is InChI=1S/C14H11N5O/c15-12-8-10(9-4-1-2-5-11(9)18-12)13(20)19-14-16-6-3-7-17-14/h1-8H,(H2,15,18)(H,16,17,19,20). The Morgan fingerprint density at radius 2 is 1.85 bits per heavy atom. The van der Waals surface area contributed by atoms with Crippen LogP contribution in [0.5, 0.6) is 0 Å². The zero-order chi connectivity index (χ0) is 13.9. The van der Waals surface area contributed by atoms with E-state index >= 15 is 0 Å². The molecule has 0 saturated carbocycles. The van der Waals surface area contributed by atoms with Crippen molar-refractivity contribution in [2.45, 2.75) is 0 Å². The Morgan fingerprint density at radius 3 is 2.65 bits per heavy atom. The molecule has 0 unspecified atom stereocenters. The first-order valence-corrected chi connectivity index (χ1v) is 5.97. The van der Waals surface area contributed by atoms with Crippen LogP contribution >= 0.6 is 0 Å². The van der Waals surface area contributed by atoms with Crippen LogP contribution in [0.4, 0.5) is 11.8 Å². The van der Waals surface area contributed by atoms with Gasteiger partial charge < -0.3 is 5.73 Å². The van der Waals surface area contributed by atoms with Crippen LogP contribution in [0.3, 0.4) is 0 Å². The highest BCUT2D eigenvalue weighted by Crippen LogP contribution is 2.20. The number of nitrogen functional groups attached to an aromatic ring is 1. The Balaban J connectivity index is 2.03. The van der Waals surface area contributed by atoms with E-state index in [4.69, 9.17) is 5.73 Å². The summed E-state index contributed by atoms with van der Waals surface area (Å²) in [6.45, 7) is 0. The number of carbonyl (C=O) groups excluding carboxylic acids is 1. The zero-order valence-electron chi connectivity index (χ0n) is 10.4. The molecule has 0 aliphatic rings. The van der Waals surface area contributed by atoms with Gasteiger partial charge in [-0.3, -0.25) is 10.1 Å². The first kappa shape index (κ1) is 12.0. The van der Waals surface area contributed by atoms with Crippen molar-refractivity contribution < 1.29 is 4.79 Å². The number of rotatable bonds is 2. The number of para-hydroxylation sites is 1. The highest BCUT2D eigenvalue weighted by molar-refractivity contribution is 6.12. The molecule has 0 bridgehead atoms. The summed E-state index contributed by atoms with van der Waals surface area (Å²) in [6.07, 6.45) is 3.11. The van der Waals surface area contributed by atoms with Crippen molar-refractivity contribution in [3.8, 4) is 0 Å². The van der Waals surface area contributed by atoms with Gasteiger partial charge in [-0.05, 0) is 18.2 Å². The first-order valence-electron chi connectivity index (χ1n) is 5.97. The second kappa shape index (κ2) is 4.93. The number of nitrogens with zero attached hydrogens (tertiary/aromatic N) is 3. The number of nitrogens with two attached hydrogens (primary N) is 1. The molecule has 0 aliphatic heterocycles. The van der Waals surface area contributed by atoms with Crippen LogP contribution in [0.15, 0.2) is 48.8 Å². The number of hydrogen-bond donors (Lipinski definition) is 2. The second-order valence-corrected chi connectivity index (χ2v) is 4.14. The predicted octanol–water partition coefficient (Wildman–Crippen LogP) is 1.86. The lowest BCUT2D eigenvalue weighted by atomic mass is 10.1. The van der Waals surface area contributed by atoms with Gasteiger partial charge >= 0.3 is 0 Å². The van der Waals surface area contributed by atoms with E-state index in [9.17, 15) is 4.79 Å². The molecular formula is C14H11N5O. The maximum absolute atomic E-state index is 12.3. The normalized spacial score (nSPS) is 10.4. The average molecular weight is 265 g/mol. The van der Waals surface area contributed by atoms with Crippen LogP contribution in [-0.2, 0) is 0 Å². The molecule has 2 aromatic heterocycles. The summed E-state index contributed by atoms with van der Waals surface area (Å²) in [5.41, 5.74) is 6.85. The number of hydrogen-bond acceptors (Lipinski definition) is 5. The molecule has 1 aromatic carbocycles. The summed E-state index contributed by atoms with van der Waals surface area (Å²) < 4.78 is 0. The van der Waals surface area contributed by atoms with Crippen molar-refractivity contribution in [1.82, 2.24) is 15.0 Å². The van der Waals surface area contributed by atoms with Gasteiger partial charge in [0.15, 0.2) is 0 Å². The molecule has 20 heavy (non-hydrogen) atoms. The van der Waals surface area contributed by atoms with E-state index in [0.717, 1.165) is 5.39 Å². The summed E-state index contributed by atoms with van der Waals surface area (Å²) in [5, 5.41) is 3.36. The summed E-state index contributed by atoms with van der Waals surface area (Å²) in [6, 6.07) is 10.5. The van der Waals surface area contributed by atoms with Gasteiger partial charge in [0.05, 0.1) is 11.1 Å². The molecule has 6 heteroatoms. The molecule has 0 atom stereocenters. The molecule has 3 N–H and O–H groups in total. The van der Waals surface area contributed by atoms with Crippen LogP contribution in [-0.4, -0.2) is 20.9 Å². The molecule has 3 rings (SSSR count). The highest BCUT2D eigenvalue weighted by Gasteiger charge is 2.13. The summed E-state index contributed by atoms with van der Waals surface area (Å²) in [4.78, 5) is 24.4. The van der Waals surface area contributed by atoms with Gasteiger partial charge in [-0.15, -0.1) is 0 Å². The van der Waals surface area contributed by atoms with E-state index in [1.54, 1.807) is 24.5 Å². The summed E-state index contributed by atoms with van der Waals surface area (Å²) >= 11 is 0. The van der Waals surface area contributed by atoms with Gasteiger partial charge in [0.25, 0.3) is 5.91 Å². The largest absolute Gasteiger partial charge is 0.384 e. The maximum atomic E-state index is 12.3. The molecule has 0 fully saturated rings. The molecule has 0 aliphatic carbocycles. The van der Waals surface area contributed by atoms with E-state index < -0.39 is 0 Å². The molecule has 2 heterocycles. The summed E-state index contributed by atoms with van der Waals surface area (Å²) in [7, 11) is 0. The lowest BCUT2D eigenvalue weighted by molar-refractivity contribution is 0.102. The minimum atomic E-state index is -0.318. The van der Waals surface area contributed by atoms with Crippen LogP contribution in [0.25, 0.3) is 10.9 Å². The van der Waals surface area contributed by atoms with E-state index in [-0.39, 0.29) is 11.9 Å². The van der Waals surface area contributed by atoms with Gasteiger partial charge in [-0.25, -0.2) is 15.0 Å². The van der Waals surface area contributed by atoms with Gasteiger partial charge in [0.1, 0.15) is 5.82 Å². The fourth-order valence-electron chi connectivity index (χ4n) is 1.92. The third-order valence-electron chi connectivity index (χ3n) is 2.77. The van der Waals surface area contributed by atoms with Crippen molar-refractivity contribution in [2.24, 2.45) is 0 Å². The fraction of sp³-hybridized carbons (Fsp3) is 0. The lowest BCUT2D eigenvalue weighted by Gasteiger charge is -2.07. The number of amides is 1. The fourth-order valence-corrected chi connectivity index (χ4v) is 1.92. The number of anilines is 2. The number of nitrogens with one attached hydrogen (secondary N) is 1. The van der Waals surface area contributed by atoms with Gasteiger partial charge in [-0.2, -0.15) is 0 Å². The van der Waals surface area contributed by atoms with E-state index in [2.05, 4.69) is 20.3 Å². The van der Waals surface area contributed by atoms with Crippen LogP contribution < -0.4 is 11.1 Å². The Bertz CT molecular complexity index is 773. The molecule has 1 amide bonds. The molecule has 0 spiro atoms. The van der Waals surface area contributed by atoms with Crippen molar-refractivity contribution >= 4 is 28.6 Å². The number of fused-ring (bicyclic) bond motifs is 1. The predicted molar refractivity (Wildman–Crippen MR) is 76.1 cm³/mol. The van der Waals surface area contributed by atoms with Gasteiger partial charge in [-0.1, -0.05) is 18.2 Å². The van der Waals surface area contributed by atoms with E-state index in [0.29, 0.717) is 16.9 Å². The third-order valence-corrected chi connectivity index (χ3v) is 2.77. The maximum Gasteiger partial charge on any atom is 0.258 e. The topological polar surface area (TPSA) is 93.8 Å². The number of pyridine rings is 1. The number of benzene rings is 1. The van der Waals surface area contributed by atoms with Crippen LogP contribution in [0.2, 0.25) is 0 Å². The zero-order valence-corrected chi connectivity index (χ0v) is 10.4. The monoisotopic (exact) mass is 265 g/mol. The Labute approximate surface area is 114 Å². The van der Waals surface area contributed by atoms with Crippen molar-refractivity contribution in [3.63, 3.8) is 0 Å². The van der Waals surface area contributed by atoms with Crippen LogP contribution in [0, 0.1) is 0 Å². The minimum absolute atomic E-state index is 0.247. The smallest absolute Gasteiger partial charge is 0.258 e. The summed E-state index contributed by atoms with van der Waals surface area (Å²) in [5.74, 6) is 0.223. The van der Waals surface area contributed by atoms with Crippen molar-refractivity contribution in [1.29, 1.82) is 0 Å². The molecule has 6 nitrogen and oxygen atoms in total. The molecule has 0 radical (unpaired) electrons. The van der Waals surface area contributed by atoms with Crippen LogP contribution in [0.1, 0.15) is 10.4 Å². The molecular weight excluding hydrogens is 254 g/mol. The van der Waals surface area contributed by atoms with E-state index in [1.165, 1.54) is 0 Å².